The molecule has 0 saturated carbocycles. The minimum Gasteiger partial charge on any atom is -0.472 e. The van der Waals surface area contributed by atoms with E-state index >= 15 is 0 Å². The molecule has 0 aliphatic carbocycles. The smallest absolute Gasteiger partial charge is 0.117 e. The van der Waals surface area contributed by atoms with Gasteiger partial charge in [-0.3, -0.25) is 4.90 Å². The van der Waals surface area contributed by atoms with Crippen LogP contribution in [0.25, 0.3) is 0 Å². The van der Waals surface area contributed by atoms with Gasteiger partial charge in [-0.2, -0.15) is 0 Å². The highest BCUT2D eigenvalue weighted by atomic mass is 16.3. The summed E-state index contributed by atoms with van der Waals surface area (Å²) in [5.74, 6) is 0.935. The van der Waals surface area contributed by atoms with E-state index in [4.69, 9.17) is 14.6 Å². The van der Waals surface area contributed by atoms with Crippen molar-refractivity contribution in [3.63, 3.8) is 0 Å². The van der Waals surface area contributed by atoms with E-state index in [0.717, 1.165) is 17.9 Å². The van der Waals surface area contributed by atoms with Gasteiger partial charge in [-0.1, -0.05) is 0 Å². The van der Waals surface area contributed by atoms with Gasteiger partial charge in [0.2, 0.25) is 0 Å². The number of furan rings is 2. The molecule has 0 spiro atoms. The zero-order valence-corrected chi connectivity index (χ0v) is 9.30. The Morgan fingerprint density at radius 2 is 2.25 bits per heavy atom. The molecule has 0 saturated heterocycles. The number of hydrogen-bond acceptors (Lipinski definition) is 4. The first-order chi connectivity index (χ1) is 7.81. The molecule has 2 aromatic heterocycles. The van der Waals surface area contributed by atoms with Gasteiger partial charge in [0.25, 0.3) is 0 Å². The average Bonchev–Trinajstić information content (AvgIpc) is 2.91. The molecule has 0 aliphatic rings. The molecule has 0 aromatic carbocycles. The molecule has 0 fully saturated rings. The minimum atomic E-state index is 0.156. The van der Waals surface area contributed by atoms with E-state index < -0.39 is 0 Å². The Morgan fingerprint density at radius 1 is 1.38 bits per heavy atom. The summed E-state index contributed by atoms with van der Waals surface area (Å²) in [6, 6.07) is 5.94. The van der Waals surface area contributed by atoms with Gasteiger partial charge in [-0.15, -0.1) is 0 Å². The quantitative estimate of drug-likeness (QED) is 0.837. The summed E-state index contributed by atoms with van der Waals surface area (Å²) in [4.78, 5) is 2.14. The van der Waals surface area contributed by atoms with Crippen LogP contribution in [0.3, 0.4) is 0 Å². The van der Waals surface area contributed by atoms with Crippen LogP contribution in [0, 0.1) is 0 Å². The summed E-state index contributed by atoms with van der Waals surface area (Å²) in [6.45, 7) is 1.29. The molecule has 4 heteroatoms. The van der Waals surface area contributed by atoms with Gasteiger partial charge in [0, 0.05) is 12.1 Å². The largest absolute Gasteiger partial charge is 0.472 e. The fourth-order valence-corrected chi connectivity index (χ4v) is 1.79. The highest BCUT2D eigenvalue weighted by Crippen LogP contribution is 2.20. The lowest BCUT2D eigenvalue weighted by Crippen LogP contribution is -2.29. The predicted octanol–water partition coefficient (Wildman–Crippen LogP) is 2.00. The van der Waals surface area contributed by atoms with Crippen LogP contribution < -0.4 is 5.73 Å². The van der Waals surface area contributed by atoms with Crippen LogP contribution in [0.4, 0.5) is 0 Å². The van der Waals surface area contributed by atoms with Gasteiger partial charge in [-0.05, 0) is 25.2 Å². The Bertz CT molecular complexity index is 395. The van der Waals surface area contributed by atoms with E-state index in [9.17, 15) is 0 Å². The molecule has 0 aliphatic heterocycles. The summed E-state index contributed by atoms with van der Waals surface area (Å²) < 4.78 is 10.4. The maximum Gasteiger partial charge on any atom is 0.117 e. The van der Waals surface area contributed by atoms with Crippen molar-refractivity contribution in [3.8, 4) is 0 Å². The van der Waals surface area contributed by atoms with Crippen molar-refractivity contribution in [1.82, 2.24) is 4.90 Å². The van der Waals surface area contributed by atoms with Crippen molar-refractivity contribution < 1.29 is 8.83 Å². The van der Waals surface area contributed by atoms with Gasteiger partial charge >= 0.3 is 0 Å². The molecule has 0 bridgehead atoms. The topological polar surface area (TPSA) is 55.5 Å². The van der Waals surface area contributed by atoms with Gasteiger partial charge in [0.15, 0.2) is 0 Å². The molecule has 1 unspecified atom stereocenters. The van der Waals surface area contributed by atoms with Gasteiger partial charge in [-0.25, -0.2) is 0 Å². The molecular weight excluding hydrogens is 204 g/mol. The standard InChI is InChI=1S/C12H16N2O2/c1-14(8-11-3-2-5-16-11)12(7-13)10-4-6-15-9-10/h2-6,9,12H,7-8,13H2,1H3. The Morgan fingerprint density at radius 3 is 2.81 bits per heavy atom. The van der Waals surface area contributed by atoms with Crippen molar-refractivity contribution in [2.45, 2.75) is 12.6 Å². The maximum absolute atomic E-state index is 5.78. The van der Waals surface area contributed by atoms with E-state index in [2.05, 4.69) is 4.90 Å². The van der Waals surface area contributed by atoms with Crippen molar-refractivity contribution in [1.29, 1.82) is 0 Å². The summed E-state index contributed by atoms with van der Waals surface area (Å²) in [7, 11) is 2.02. The summed E-state index contributed by atoms with van der Waals surface area (Å²) in [5.41, 5.74) is 6.87. The molecular formula is C12H16N2O2. The second kappa shape index (κ2) is 5.01. The number of hydrogen-bond donors (Lipinski definition) is 1. The highest BCUT2D eigenvalue weighted by Gasteiger charge is 2.17. The summed E-state index contributed by atoms with van der Waals surface area (Å²) in [6.07, 6.45) is 5.08. The van der Waals surface area contributed by atoms with Crippen molar-refractivity contribution in [2.75, 3.05) is 13.6 Å². The van der Waals surface area contributed by atoms with Crippen molar-refractivity contribution >= 4 is 0 Å². The molecule has 0 radical (unpaired) electrons. The molecule has 0 amide bonds. The summed E-state index contributed by atoms with van der Waals surface area (Å²) >= 11 is 0. The van der Waals surface area contributed by atoms with E-state index in [0.29, 0.717) is 6.54 Å². The van der Waals surface area contributed by atoms with E-state index in [1.165, 1.54) is 0 Å². The molecule has 2 aromatic rings. The van der Waals surface area contributed by atoms with Crippen molar-refractivity contribution in [2.24, 2.45) is 5.73 Å². The van der Waals surface area contributed by atoms with Crippen LogP contribution >= 0.6 is 0 Å². The maximum atomic E-state index is 5.78. The average molecular weight is 220 g/mol. The number of likely N-dealkylation sites (N-methyl/N-ethyl adjacent to an activating group) is 1. The monoisotopic (exact) mass is 220 g/mol. The van der Waals surface area contributed by atoms with Crippen LogP contribution in [0.15, 0.2) is 45.8 Å². The lowest BCUT2D eigenvalue weighted by atomic mass is 10.1. The van der Waals surface area contributed by atoms with E-state index in [1.54, 1.807) is 18.8 Å². The Balaban J connectivity index is 2.04. The van der Waals surface area contributed by atoms with E-state index in [1.807, 2.05) is 25.2 Å². The van der Waals surface area contributed by atoms with Crippen LogP contribution in [-0.2, 0) is 6.54 Å². The van der Waals surface area contributed by atoms with Crippen LogP contribution in [0.1, 0.15) is 17.4 Å². The number of rotatable bonds is 5. The molecule has 2 rings (SSSR count). The normalized spacial score (nSPS) is 13.2. The minimum absolute atomic E-state index is 0.156. The molecule has 2 N–H and O–H groups in total. The third-order valence-corrected chi connectivity index (χ3v) is 2.67. The lowest BCUT2D eigenvalue weighted by Gasteiger charge is -2.24. The Labute approximate surface area is 94.6 Å². The third kappa shape index (κ3) is 2.35. The zero-order valence-electron chi connectivity index (χ0n) is 9.30. The Kier molecular flexibility index (Phi) is 3.44. The first-order valence-electron chi connectivity index (χ1n) is 5.26. The molecule has 86 valence electrons. The first kappa shape index (κ1) is 11.0. The zero-order chi connectivity index (χ0) is 11.4. The SMILES string of the molecule is CN(Cc1ccco1)C(CN)c1ccoc1. The number of nitrogens with zero attached hydrogens (tertiary/aromatic N) is 1. The highest BCUT2D eigenvalue weighted by molar-refractivity contribution is 5.12. The molecule has 16 heavy (non-hydrogen) atoms. The van der Waals surface area contributed by atoms with Crippen LogP contribution in [0.5, 0.6) is 0 Å². The summed E-state index contributed by atoms with van der Waals surface area (Å²) in [5, 5.41) is 0. The van der Waals surface area contributed by atoms with Crippen molar-refractivity contribution in [3.05, 3.63) is 48.3 Å². The molecule has 2 heterocycles. The van der Waals surface area contributed by atoms with Gasteiger partial charge in [0.05, 0.1) is 31.4 Å². The van der Waals surface area contributed by atoms with Gasteiger partial charge in [0.1, 0.15) is 5.76 Å². The second-order valence-corrected chi connectivity index (χ2v) is 3.80. The Hall–Kier alpha value is -1.52. The molecule has 1 atom stereocenters. The van der Waals surface area contributed by atoms with Gasteiger partial charge < -0.3 is 14.6 Å². The predicted molar refractivity (Wildman–Crippen MR) is 60.7 cm³/mol. The lowest BCUT2D eigenvalue weighted by molar-refractivity contribution is 0.222. The fraction of sp³-hybridized carbons (Fsp3) is 0.333. The third-order valence-electron chi connectivity index (χ3n) is 2.67. The van der Waals surface area contributed by atoms with E-state index in [-0.39, 0.29) is 6.04 Å². The molecule has 4 nitrogen and oxygen atoms in total. The second-order valence-electron chi connectivity index (χ2n) is 3.80. The number of nitrogens with two attached hydrogens (primary N) is 1. The van der Waals surface area contributed by atoms with Crippen LogP contribution in [-0.4, -0.2) is 18.5 Å². The fourth-order valence-electron chi connectivity index (χ4n) is 1.79. The first-order valence-corrected chi connectivity index (χ1v) is 5.26. The van der Waals surface area contributed by atoms with Crippen LogP contribution in [0.2, 0.25) is 0 Å².